The Bertz CT molecular complexity index is 1070. The molecule has 0 saturated carbocycles. The lowest BCUT2D eigenvalue weighted by Gasteiger charge is -2.20. The van der Waals surface area contributed by atoms with Gasteiger partial charge in [-0.05, 0) is 49.4 Å². The maximum Gasteiger partial charge on any atom is 0.264 e. The molecule has 0 saturated heterocycles. The molecule has 1 aromatic heterocycles. The molecule has 0 aliphatic carbocycles. The predicted molar refractivity (Wildman–Crippen MR) is 109 cm³/mol. The zero-order chi connectivity index (χ0) is 20.1. The van der Waals surface area contributed by atoms with Gasteiger partial charge in [0.25, 0.3) is 15.9 Å². The number of aryl methyl sites for hydroxylation is 1. The van der Waals surface area contributed by atoms with Crippen LogP contribution in [0, 0.1) is 6.92 Å². The number of nitrogens with one attached hydrogen (secondary N) is 1. The Kier molecular flexibility index (Phi) is 5.75. The summed E-state index contributed by atoms with van der Waals surface area (Å²) in [6.45, 7) is 2.19. The number of benzene rings is 2. The summed E-state index contributed by atoms with van der Waals surface area (Å²) in [5.74, 6) is -0.298. The van der Waals surface area contributed by atoms with Crippen LogP contribution in [-0.2, 0) is 16.6 Å². The summed E-state index contributed by atoms with van der Waals surface area (Å²) in [5, 5.41) is 2.79. The summed E-state index contributed by atoms with van der Waals surface area (Å²) >= 11 is 0. The molecule has 2 aromatic carbocycles. The molecular formula is C21H21N3O3S. The van der Waals surface area contributed by atoms with Crippen molar-refractivity contribution in [2.24, 2.45) is 0 Å². The van der Waals surface area contributed by atoms with Gasteiger partial charge >= 0.3 is 0 Å². The van der Waals surface area contributed by atoms with Crippen molar-refractivity contribution < 1.29 is 13.2 Å². The number of anilines is 1. The quantitative estimate of drug-likeness (QED) is 0.695. The van der Waals surface area contributed by atoms with Crippen LogP contribution >= 0.6 is 0 Å². The van der Waals surface area contributed by atoms with E-state index in [1.165, 1.54) is 11.4 Å². The number of carbonyl (C=O) groups is 1. The van der Waals surface area contributed by atoms with Crippen LogP contribution < -0.4 is 9.62 Å². The monoisotopic (exact) mass is 395 g/mol. The molecule has 0 bridgehead atoms. The number of rotatable bonds is 6. The van der Waals surface area contributed by atoms with E-state index in [-0.39, 0.29) is 10.8 Å². The van der Waals surface area contributed by atoms with Crippen molar-refractivity contribution in [3.05, 3.63) is 89.7 Å². The van der Waals surface area contributed by atoms with E-state index in [1.54, 1.807) is 60.8 Å². The van der Waals surface area contributed by atoms with Crippen molar-refractivity contribution in [3.8, 4) is 0 Å². The second-order valence-corrected chi connectivity index (χ2v) is 8.31. The lowest BCUT2D eigenvalue weighted by atomic mass is 10.2. The molecule has 0 unspecified atom stereocenters. The lowest BCUT2D eigenvalue weighted by molar-refractivity contribution is 0.0950. The van der Waals surface area contributed by atoms with Crippen molar-refractivity contribution in [3.63, 3.8) is 0 Å². The fourth-order valence-electron chi connectivity index (χ4n) is 2.63. The standard InChI is InChI=1S/C21H21N3O3S/c1-16-9-11-20(12-10-16)28(26,27)24(2)19-8-5-6-17(14-19)21(25)23-15-18-7-3-4-13-22-18/h3-14H,15H2,1-2H3,(H,23,25). The van der Waals surface area contributed by atoms with E-state index in [1.807, 2.05) is 19.1 Å². The Hall–Kier alpha value is -3.19. The van der Waals surface area contributed by atoms with E-state index in [0.29, 0.717) is 17.8 Å². The van der Waals surface area contributed by atoms with Gasteiger partial charge in [0.05, 0.1) is 22.8 Å². The van der Waals surface area contributed by atoms with Gasteiger partial charge < -0.3 is 5.32 Å². The van der Waals surface area contributed by atoms with Crippen LogP contribution in [0.3, 0.4) is 0 Å². The third-order valence-corrected chi connectivity index (χ3v) is 6.11. The molecule has 0 aliphatic heterocycles. The van der Waals surface area contributed by atoms with E-state index < -0.39 is 10.0 Å². The molecule has 1 N–H and O–H groups in total. The fourth-order valence-corrected chi connectivity index (χ4v) is 3.81. The minimum absolute atomic E-state index is 0.200. The summed E-state index contributed by atoms with van der Waals surface area (Å²) in [6, 6.07) is 18.6. The molecule has 0 fully saturated rings. The van der Waals surface area contributed by atoms with Gasteiger partial charge in [-0.2, -0.15) is 0 Å². The van der Waals surface area contributed by atoms with E-state index in [0.717, 1.165) is 11.3 Å². The molecule has 144 valence electrons. The first-order valence-electron chi connectivity index (χ1n) is 8.72. The molecule has 0 radical (unpaired) electrons. The number of amides is 1. The Morgan fingerprint density at radius 1 is 1.04 bits per heavy atom. The Balaban J connectivity index is 1.78. The van der Waals surface area contributed by atoms with Gasteiger partial charge in [0.15, 0.2) is 0 Å². The van der Waals surface area contributed by atoms with E-state index in [9.17, 15) is 13.2 Å². The third kappa shape index (κ3) is 4.37. The van der Waals surface area contributed by atoms with Gasteiger partial charge in [-0.3, -0.25) is 14.1 Å². The van der Waals surface area contributed by atoms with Gasteiger partial charge in [0, 0.05) is 18.8 Å². The fraction of sp³-hybridized carbons (Fsp3) is 0.143. The van der Waals surface area contributed by atoms with Gasteiger partial charge in [-0.15, -0.1) is 0 Å². The molecule has 28 heavy (non-hydrogen) atoms. The summed E-state index contributed by atoms with van der Waals surface area (Å²) in [4.78, 5) is 16.8. The number of hydrogen-bond acceptors (Lipinski definition) is 4. The summed E-state index contributed by atoms with van der Waals surface area (Å²) < 4.78 is 26.9. The molecular weight excluding hydrogens is 374 g/mol. The van der Waals surface area contributed by atoms with Crippen LogP contribution in [0.5, 0.6) is 0 Å². The number of pyridine rings is 1. The van der Waals surface area contributed by atoms with Crippen LogP contribution in [0.1, 0.15) is 21.6 Å². The van der Waals surface area contributed by atoms with E-state index in [4.69, 9.17) is 0 Å². The van der Waals surface area contributed by atoms with Crippen LogP contribution in [0.4, 0.5) is 5.69 Å². The number of aromatic nitrogens is 1. The Morgan fingerprint density at radius 3 is 2.46 bits per heavy atom. The average Bonchev–Trinajstić information content (AvgIpc) is 2.72. The first-order valence-corrected chi connectivity index (χ1v) is 10.2. The van der Waals surface area contributed by atoms with Crippen molar-refractivity contribution in [2.45, 2.75) is 18.4 Å². The highest BCUT2D eigenvalue weighted by molar-refractivity contribution is 7.92. The van der Waals surface area contributed by atoms with E-state index >= 15 is 0 Å². The molecule has 0 atom stereocenters. The van der Waals surface area contributed by atoms with Crippen molar-refractivity contribution in [1.82, 2.24) is 10.3 Å². The van der Waals surface area contributed by atoms with Crippen LogP contribution in [0.15, 0.2) is 77.8 Å². The second kappa shape index (κ2) is 8.22. The average molecular weight is 395 g/mol. The third-order valence-electron chi connectivity index (χ3n) is 4.31. The Labute approximate surface area is 164 Å². The molecule has 7 heteroatoms. The molecule has 6 nitrogen and oxygen atoms in total. The van der Waals surface area contributed by atoms with Crippen molar-refractivity contribution in [1.29, 1.82) is 0 Å². The van der Waals surface area contributed by atoms with Gasteiger partial charge in [0.2, 0.25) is 0 Å². The normalized spacial score (nSPS) is 11.1. The lowest BCUT2D eigenvalue weighted by Crippen LogP contribution is -2.27. The Morgan fingerprint density at radius 2 is 1.79 bits per heavy atom. The largest absolute Gasteiger partial charge is 0.346 e. The summed E-state index contributed by atoms with van der Waals surface area (Å²) in [6.07, 6.45) is 1.66. The van der Waals surface area contributed by atoms with Crippen LogP contribution in [-0.4, -0.2) is 26.4 Å². The second-order valence-electron chi connectivity index (χ2n) is 6.34. The number of nitrogens with zero attached hydrogens (tertiary/aromatic N) is 2. The summed E-state index contributed by atoms with van der Waals surface area (Å²) in [5.41, 5.74) is 2.50. The number of sulfonamides is 1. The molecule has 1 amide bonds. The molecule has 1 heterocycles. The molecule has 0 spiro atoms. The van der Waals surface area contributed by atoms with Gasteiger partial charge in [0.1, 0.15) is 0 Å². The highest BCUT2D eigenvalue weighted by Crippen LogP contribution is 2.23. The van der Waals surface area contributed by atoms with Crippen molar-refractivity contribution >= 4 is 21.6 Å². The topological polar surface area (TPSA) is 79.4 Å². The first-order chi connectivity index (χ1) is 13.4. The number of carbonyl (C=O) groups excluding carboxylic acids is 1. The predicted octanol–water partition coefficient (Wildman–Crippen LogP) is 3.15. The van der Waals surface area contributed by atoms with E-state index in [2.05, 4.69) is 10.3 Å². The maximum absolute atomic E-state index is 12.9. The molecule has 3 aromatic rings. The summed E-state index contributed by atoms with van der Waals surface area (Å²) in [7, 11) is -2.24. The molecule has 3 rings (SSSR count). The smallest absolute Gasteiger partial charge is 0.264 e. The highest BCUT2D eigenvalue weighted by atomic mass is 32.2. The van der Waals surface area contributed by atoms with Gasteiger partial charge in [-0.1, -0.05) is 29.8 Å². The van der Waals surface area contributed by atoms with Crippen LogP contribution in [0.25, 0.3) is 0 Å². The minimum atomic E-state index is -3.71. The maximum atomic E-state index is 12.9. The van der Waals surface area contributed by atoms with Gasteiger partial charge in [-0.25, -0.2) is 8.42 Å². The first kappa shape index (κ1) is 19.6. The van der Waals surface area contributed by atoms with Crippen molar-refractivity contribution in [2.75, 3.05) is 11.4 Å². The zero-order valence-electron chi connectivity index (χ0n) is 15.7. The number of hydrogen-bond donors (Lipinski definition) is 1. The van der Waals surface area contributed by atoms with Crippen LogP contribution in [0.2, 0.25) is 0 Å². The highest BCUT2D eigenvalue weighted by Gasteiger charge is 2.21. The molecule has 0 aliphatic rings. The minimum Gasteiger partial charge on any atom is -0.346 e. The SMILES string of the molecule is Cc1ccc(S(=O)(=O)N(C)c2cccc(C(=O)NCc3ccccn3)c2)cc1. The zero-order valence-corrected chi connectivity index (χ0v) is 16.5.